The molecule has 1 amide bonds. The first-order valence-electron chi connectivity index (χ1n) is 11.3. The maximum absolute atomic E-state index is 12.7. The number of carbonyl (C=O) groups is 2. The predicted molar refractivity (Wildman–Crippen MR) is 140 cm³/mol. The number of amidine groups is 1. The van der Waals surface area contributed by atoms with Crippen LogP contribution in [0.2, 0.25) is 0 Å². The number of ether oxygens (including phenoxy) is 1. The summed E-state index contributed by atoms with van der Waals surface area (Å²) < 4.78 is 5.89. The summed E-state index contributed by atoms with van der Waals surface area (Å²) in [6, 6.07) is 23.0. The van der Waals surface area contributed by atoms with E-state index in [1.807, 2.05) is 30.3 Å². The first-order valence-corrected chi connectivity index (χ1v) is 12.1. The molecule has 0 aliphatic carbocycles. The Morgan fingerprint density at radius 3 is 2.23 bits per heavy atom. The third-order valence-corrected chi connectivity index (χ3v) is 6.59. The molecule has 1 fully saturated rings. The molecular weight excluding hydrogens is 460 g/mol. The normalized spacial score (nSPS) is 15.7. The smallest absolute Gasteiger partial charge is 0.307 e. The molecule has 0 saturated carbocycles. The summed E-state index contributed by atoms with van der Waals surface area (Å²) in [6.07, 6.45) is 2.83. The number of amides is 1. The summed E-state index contributed by atoms with van der Waals surface area (Å²) >= 11 is 1.31. The number of nitrogens with zero attached hydrogens (tertiary/aromatic N) is 2. The lowest BCUT2D eigenvalue weighted by Crippen LogP contribution is -2.23. The number of benzene rings is 3. The van der Waals surface area contributed by atoms with E-state index < -0.39 is 5.97 Å². The summed E-state index contributed by atoms with van der Waals surface area (Å²) in [5.74, 6) is -0.230. The molecule has 35 heavy (non-hydrogen) atoms. The number of likely N-dealkylation sites (N-methyl/N-ethyl adjacent to an activating group) is 1. The van der Waals surface area contributed by atoms with E-state index in [0.29, 0.717) is 27.9 Å². The van der Waals surface area contributed by atoms with Gasteiger partial charge in [-0.1, -0.05) is 55.5 Å². The number of thioether (sulfide) groups is 1. The topological polar surface area (TPSA) is 79.2 Å². The van der Waals surface area contributed by atoms with Gasteiger partial charge in [0.1, 0.15) is 12.4 Å². The molecule has 0 aromatic heterocycles. The van der Waals surface area contributed by atoms with Crippen molar-refractivity contribution in [2.75, 3.05) is 7.05 Å². The van der Waals surface area contributed by atoms with Gasteiger partial charge in [0, 0.05) is 7.05 Å². The van der Waals surface area contributed by atoms with Crippen molar-refractivity contribution in [2.24, 2.45) is 4.99 Å². The number of hydrogen-bond donors (Lipinski definition) is 1. The lowest BCUT2D eigenvalue weighted by molar-refractivity contribution is -0.136. The van der Waals surface area contributed by atoms with Crippen LogP contribution in [0.15, 0.2) is 82.7 Å². The molecule has 4 rings (SSSR count). The lowest BCUT2D eigenvalue weighted by Gasteiger charge is -2.07. The van der Waals surface area contributed by atoms with Crippen LogP contribution in [-0.4, -0.2) is 34.1 Å². The standard InChI is InChI=1S/C28H26N2O4S/c1-3-19-4-6-22(7-5-19)18-34-24-14-10-20(11-15-24)16-25-27(33)30(2)28(35-25)29-23-12-8-21(9-13-23)17-26(31)32/h4-16H,3,17-18H2,1-2H3,(H,31,32)/b25-16+,29-28?. The first-order chi connectivity index (χ1) is 16.9. The van der Waals surface area contributed by atoms with Gasteiger partial charge < -0.3 is 9.84 Å². The van der Waals surface area contributed by atoms with Crippen LogP contribution in [0.3, 0.4) is 0 Å². The molecule has 1 aliphatic heterocycles. The minimum atomic E-state index is -0.878. The number of aliphatic carboxylic acids is 1. The van der Waals surface area contributed by atoms with Crippen molar-refractivity contribution in [3.05, 3.63) is 100.0 Å². The molecule has 1 heterocycles. The monoisotopic (exact) mass is 486 g/mol. The van der Waals surface area contributed by atoms with Crippen molar-refractivity contribution < 1.29 is 19.4 Å². The molecule has 0 radical (unpaired) electrons. The van der Waals surface area contributed by atoms with Gasteiger partial charge in [-0.05, 0) is 70.8 Å². The van der Waals surface area contributed by atoms with Crippen LogP contribution in [0.25, 0.3) is 6.08 Å². The van der Waals surface area contributed by atoms with E-state index in [1.165, 1.54) is 22.2 Å². The predicted octanol–water partition coefficient (Wildman–Crippen LogP) is 5.69. The molecule has 0 unspecified atom stereocenters. The molecule has 178 valence electrons. The van der Waals surface area contributed by atoms with Crippen LogP contribution in [0, 0.1) is 0 Å². The quantitative estimate of drug-likeness (QED) is 0.414. The van der Waals surface area contributed by atoms with E-state index in [1.54, 1.807) is 31.3 Å². The van der Waals surface area contributed by atoms with Gasteiger partial charge in [-0.2, -0.15) is 0 Å². The fraction of sp³-hybridized carbons (Fsp3) is 0.179. The van der Waals surface area contributed by atoms with E-state index in [-0.39, 0.29) is 12.3 Å². The Labute approximate surface area is 209 Å². The van der Waals surface area contributed by atoms with Crippen LogP contribution in [-0.2, 0) is 29.0 Å². The number of carboxylic acid groups (broad SMARTS) is 1. The Hall–Kier alpha value is -3.84. The molecule has 6 nitrogen and oxygen atoms in total. The Balaban J connectivity index is 1.40. The Morgan fingerprint density at radius 1 is 0.971 bits per heavy atom. The second kappa shape index (κ2) is 11.1. The number of rotatable bonds is 8. The van der Waals surface area contributed by atoms with Gasteiger partial charge >= 0.3 is 5.97 Å². The largest absolute Gasteiger partial charge is 0.489 e. The van der Waals surface area contributed by atoms with Gasteiger partial charge in [-0.3, -0.25) is 14.5 Å². The summed E-state index contributed by atoms with van der Waals surface area (Å²) in [4.78, 5) is 30.2. The zero-order valence-corrected chi connectivity index (χ0v) is 20.4. The van der Waals surface area contributed by atoms with E-state index >= 15 is 0 Å². The van der Waals surface area contributed by atoms with Crippen LogP contribution < -0.4 is 4.74 Å². The number of aryl methyl sites for hydroxylation is 1. The molecular formula is C28H26N2O4S. The van der Waals surface area contributed by atoms with Crippen molar-refractivity contribution >= 4 is 40.6 Å². The number of aliphatic imine (C=N–C) groups is 1. The Morgan fingerprint density at radius 2 is 1.60 bits per heavy atom. The van der Waals surface area contributed by atoms with Crippen LogP contribution >= 0.6 is 11.8 Å². The Bertz CT molecular complexity index is 1260. The highest BCUT2D eigenvalue weighted by Gasteiger charge is 2.30. The van der Waals surface area contributed by atoms with Crippen molar-refractivity contribution in [1.82, 2.24) is 4.90 Å². The highest BCUT2D eigenvalue weighted by Crippen LogP contribution is 2.33. The Kier molecular flexibility index (Phi) is 7.67. The highest BCUT2D eigenvalue weighted by atomic mass is 32.2. The van der Waals surface area contributed by atoms with Crippen LogP contribution in [0.1, 0.15) is 29.2 Å². The number of carbonyl (C=O) groups excluding carboxylic acids is 1. The zero-order chi connectivity index (χ0) is 24.8. The SMILES string of the molecule is CCc1ccc(COc2ccc(/C=C3/SC(=Nc4ccc(CC(=O)O)cc4)N(C)C3=O)cc2)cc1. The average molecular weight is 487 g/mol. The number of carboxylic acids is 1. The summed E-state index contributed by atoms with van der Waals surface area (Å²) in [5, 5.41) is 9.47. The fourth-order valence-electron chi connectivity index (χ4n) is 3.47. The second-order valence-electron chi connectivity index (χ2n) is 8.13. The molecule has 0 spiro atoms. The van der Waals surface area contributed by atoms with Gasteiger partial charge in [-0.15, -0.1) is 0 Å². The van der Waals surface area contributed by atoms with E-state index in [9.17, 15) is 9.59 Å². The lowest BCUT2D eigenvalue weighted by atomic mass is 10.1. The van der Waals surface area contributed by atoms with Crippen molar-refractivity contribution in [2.45, 2.75) is 26.4 Å². The van der Waals surface area contributed by atoms with Gasteiger partial charge in [-0.25, -0.2) is 4.99 Å². The molecule has 1 aliphatic rings. The van der Waals surface area contributed by atoms with Crippen molar-refractivity contribution in [3.63, 3.8) is 0 Å². The maximum atomic E-state index is 12.7. The molecule has 1 N–H and O–H groups in total. The minimum Gasteiger partial charge on any atom is -0.489 e. The van der Waals surface area contributed by atoms with E-state index in [2.05, 4.69) is 36.2 Å². The summed E-state index contributed by atoms with van der Waals surface area (Å²) in [5.41, 5.74) is 4.68. The summed E-state index contributed by atoms with van der Waals surface area (Å²) in [7, 11) is 1.69. The third kappa shape index (κ3) is 6.39. The minimum absolute atomic E-state index is 0.0350. The molecule has 0 atom stereocenters. The summed E-state index contributed by atoms with van der Waals surface area (Å²) in [6.45, 7) is 2.64. The zero-order valence-electron chi connectivity index (χ0n) is 19.6. The van der Waals surface area contributed by atoms with Crippen LogP contribution in [0.5, 0.6) is 5.75 Å². The number of hydrogen-bond acceptors (Lipinski definition) is 5. The van der Waals surface area contributed by atoms with Gasteiger partial charge in [0.25, 0.3) is 5.91 Å². The van der Waals surface area contributed by atoms with Crippen molar-refractivity contribution in [3.8, 4) is 5.75 Å². The second-order valence-corrected chi connectivity index (χ2v) is 9.14. The fourth-order valence-corrected chi connectivity index (χ4v) is 4.46. The van der Waals surface area contributed by atoms with Gasteiger partial charge in [0.15, 0.2) is 5.17 Å². The van der Waals surface area contributed by atoms with Crippen molar-refractivity contribution in [1.29, 1.82) is 0 Å². The molecule has 3 aromatic carbocycles. The van der Waals surface area contributed by atoms with Gasteiger partial charge in [0.2, 0.25) is 0 Å². The van der Waals surface area contributed by atoms with Crippen LogP contribution in [0.4, 0.5) is 5.69 Å². The highest BCUT2D eigenvalue weighted by molar-refractivity contribution is 8.18. The maximum Gasteiger partial charge on any atom is 0.307 e. The molecule has 3 aromatic rings. The molecule has 0 bridgehead atoms. The average Bonchev–Trinajstić information content (AvgIpc) is 3.12. The first kappa shape index (κ1) is 24.3. The third-order valence-electron chi connectivity index (χ3n) is 5.53. The van der Waals surface area contributed by atoms with Gasteiger partial charge in [0.05, 0.1) is 17.0 Å². The van der Waals surface area contributed by atoms with E-state index in [4.69, 9.17) is 9.84 Å². The molecule has 7 heteroatoms. The van der Waals surface area contributed by atoms with E-state index in [0.717, 1.165) is 23.3 Å². The molecule has 1 saturated heterocycles.